The molecule has 1 aliphatic heterocycles. The van der Waals surface area contributed by atoms with Crippen molar-refractivity contribution in [1.82, 2.24) is 5.01 Å². The zero-order valence-corrected chi connectivity index (χ0v) is 6.37. The summed E-state index contributed by atoms with van der Waals surface area (Å²) in [7, 11) is 0. The van der Waals surface area contributed by atoms with Crippen molar-refractivity contribution in [3.05, 3.63) is 29.6 Å². The summed E-state index contributed by atoms with van der Waals surface area (Å²) < 4.78 is 12.7. The van der Waals surface area contributed by atoms with E-state index in [-0.39, 0.29) is 5.82 Å². The number of hydrogen-bond acceptors (Lipinski definition) is 3. The van der Waals surface area contributed by atoms with Crippen LogP contribution in [0.1, 0.15) is 5.56 Å². The van der Waals surface area contributed by atoms with Crippen LogP contribution in [0.2, 0.25) is 0 Å². The molecule has 1 aliphatic rings. The highest BCUT2D eigenvalue weighted by Gasteiger charge is 2.09. The van der Waals surface area contributed by atoms with Crippen LogP contribution in [0, 0.1) is 5.82 Å². The third-order valence-corrected chi connectivity index (χ3v) is 1.74. The molecule has 1 aromatic carbocycles. The Balaban J connectivity index is 2.47. The highest BCUT2D eigenvalue weighted by molar-refractivity contribution is 5.66. The predicted molar refractivity (Wildman–Crippen MR) is 44.3 cm³/mol. The highest BCUT2D eigenvalue weighted by Crippen LogP contribution is 2.23. The highest BCUT2D eigenvalue weighted by atomic mass is 19.1. The molecular weight excluding hydrogens is 157 g/mol. The van der Waals surface area contributed by atoms with Gasteiger partial charge in [0.15, 0.2) is 0 Å². The van der Waals surface area contributed by atoms with Gasteiger partial charge in [0.05, 0.1) is 12.2 Å². The fourth-order valence-corrected chi connectivity index (χ4v) is 1.18. The molecular formula is C8H8FN3. The Kier molecular flexibility index (Phi) is 1.55. The average molecular weight is 165 g/mol. The van der Waals surface area contributed by atoms with Gasteiger partial charge in [-0.3, -0.25) is 5.01 Å². The molecule has 0 bridgehead atoms. The Morgan fingerprint density at radius 1 is 1.50 bits per heavy atom. The molecule has 0 fully saturated rings. The lowest BCUT2D eigenvalue weighted by molar-refractivity contribution is 0.440. The molecule has 0 aliphatic carbocycles. The smallest absolute Gasteiger partial charge is 0.123 e. The SMILES string of the molecule is NN1C=Nc2ccc(F)cc2C1. The van der Waals surface area contributed by atoms with E-state index < -0.39 is 0 Å². The number of nitrogens with zero attached hydrogens (tertiary/aromatic N) is 2. The van der Waals surface area contributed by atoms with Crippen LogP contribution in [0.4, 0.5) is 10.1 Å². The van der Waals surface area contributed by atoms with E-state index in [0.717, 1.165) is 11.3 Å². The second kappa shape index (κ2) is 2.57. The maximum absolute atomic E-state index is 12.7. The molecule has 0 saturated carbocycles. The molecule has 0 unspecified atom stereocenters. The van der Waals surface area contributed by atoms with E-state index in [1.165, 1.54) is 23.5 Å². The number of fused-ring (bicyclic) bond motifs is 1. The number of halogens is 1. The summed E-state index contributed by atoms with van der Waals surface area (Å²) in [4.78, 5) is 4.02. The largest absolute Gasteiger partial charge is 0.296 e. The van der Waals surface area contributed by atoms with Crippen molar-refractivity contribution in [2.75, 3.05) is 0 Å². The minimum Gasteiger partial charge on any atom is -0.296 e. The summed E-state index contributed by atoms with van der Waals surface area (Å²) in [6.07, 6.45) is 1.53. The Morgan fingerprint density at radius 2 is 2.33 bits per heavy atom. The molecule has 2 rings (SSSR count). The van der Waals surface area contributed by atoms with Gasteiger partial charge >= 0.3 is 0 Å². The fraction of sp³-hybridized carbons (Fsp3) is 0.125. The maximum Gasteiger partial charge on any atom is 0.123 e. The number of hydrazine groups is 1. The number of hydrogen-bond donors (Lipinski definition) is 1. The van der Waals surface area contributed by atoms with Gasteiger partial charge in [-0.05, 0) is 18.2 Å². The van der Waals surface area contributed by atoms with Crippen LogP contribution in [0.3, 0.4) is 0 Å². The van der Waals surface area contributed by atoms with E-state index in [1.54, 1.807) is 6.07 Å². The summed E-state index contributed by atoms with van der Waals surface area (Å²) in [6, 6.07) is 4.49. The number of rotatable bonds is 0. The molecule has 2 N–H and O–H groups in total. The third-order valence-electron chi connectivity index (χ3n) is 1.74. The zero-order valence-electron chi connectivity index (χ0n) is 6.37. The predicted octanol–water partition coefficient (Wildman–Crippen LogP) is 1.17. The molecule has 12 heavy (non-hydrogen) atoms. The van der Waals surface area contributed by atoms with Crippen LogP contribution in [-0.2, 0) is 6.54 Å². The van der Waals surface area contributed by atoms with Gasteiger partial charge in [0, 0.05) is 5.56 Å². The lowest BCUT2D eigenvalue weighted by Gasteiger charge is -2.18. The second-order valence-electron chi connectivity index (χ2n) is 2.69. The number of benzene rings is 1. The lowest BCUT2D eigenvalue weighted by atomic mass is 10.1. The van der Waals surface area contributed by atoms with Crippen molar-refractivity contribution in [3.8, 4) is 0 Å². The first-order valence-electron chi connectivity index (χ1n) is 3.60. The third kappa shape index (κ3) is 1.16. The second-order valence-corrected chi connectivity index (χ2v) is 2.69. The van der Waals surface area contributed by atoms with Gasteiger partial charge in [-0.15, -0.1) is 0 Å². The van der Waals surface area contributed by atoms with E-state index >= 15 is 0 Å². The van der Waals surface area contributed by atoms with E-state index in [0.29, 0.717) is 6.54 Å². The van der Waals surface area contributed by atoms with Gasteiger partial charge in [0.1, 0.15) is 12.2 Å². The van der Waals surface area contributed by atoms with Crippen molar-refractivity contribution in [2.24, 2.45) is 10.8 Å². The molecule has 4 heteroatoms. The molecule has 0 radical (unpaired) electrons. The van der Waals surface area contributed by atoms with Gasteiger partial charge in [-0.25, -0.2) is 15.2 Å². The van der Waals surface area contributed by atoms with E-state index in [1.807, 2.05) is 0 Å². The molecule has 0 amide bonds. The van der Waals surface area contributed by atoms with Crippen LogP contribution in [0.5, 0.6) is 0 Å². The van der Waals surface area contributed by atoms with Gasteiger partial charge in [-0.1, -0.05) is 0 Å². The van der Waals surface area contributed by atoms with Crippen LogP contribution >= 0.6 is 0 Å². The van der Waals surface area contributed by atoms with Crippen LogP contribution in [0.15, 0.2) is 23.2 Å². The minimum absolute atomic E-state index is 0.251. The van der Waals surface area contributed by atoms with Gasteiger partial charge in [0.2, 0.25) is 0 Å². The molecule has 0 saturated heterocycles. The summed E-state index contributed by atoms with van der Waals surface area (Å²) in [5.74, 6) is 5.21. The average Bonchev–Trinajstić information content (AvgIpc) is 2.03. The quantitative estimate of drug-likeness (QED) is 0.586. The molecule has 1 aromatic rings. The van der Waals surface area contributed by atoms with Crippen molar-refractivity contribution >= 4 is 12.0 Å². The van der Waals surface area contributed by atoms with Crippen molar-refractivity contribution in [1.29, 1.82) is 0 Å². The standard InChI is InChI=1S/C8H8FN3/c9-7-1-2-8-6(3-7)4-12(10)5-11-8/h1-3,5H,4,10H2. The Morgan fingerprint density at radius 3 is 3.17 bits per heavy atom. The zero-order chi connectivity index (χ0) is 8.55. The Bertz CT molecular complexity index is 335. The molecule has 1 heterocycles. The topological polar surface area (TPSA) is 41.6 Å². The summed E-state index contributed by atoms with van der Waals surface area (Å²) >= 11 is 0. The number of aliphatic imine (C=N–C) groups is 1. The molecule has 3 nitrogen and oxygen atoms in total. The molecule has 0 spiro atoms. The first kappa shape index (κ1) is 7.24. The fourth-order valence-electron chi connectivity index (χ4n) is 1.18. The summed E-state index contributed by atoms with van der Waals surface area (Å²) in [6.45, 7) is 0.511. The van der Waals surface area contributed by atoms with Gasteiger partial charge < -0.3 is 0 Å². The van der Waals surface area contributed by atoms with Crippen LogP contribution in [0.25, 0.3) is 0 Å². The molecule has 62 valence electrons. The summed E-state index contributed by atoms with van der Waals surface area (Å²) in [5.41, 5.74) is 1.61. The number of nitrogens with two attached hydrogens (primary N) is 1. The Hall–Kier alpha value is -1.42. The maximum atomic E-state index is 12.7. The van der Waals surface area contributed by atoms with Crippen LogP contribution in [-0.4, -0.2) is 11.3 Å². The first-order chi connectivity index (χ1) is 5.75. The van der Waals surface area contributed by atoms with Gasteiger partial charge in [0.25, 0.3) is 0 Å². The normalized spacial score (nSPS) is 14.7. The lowest BCUT2D eigenvalue weighted by Crippen LogP contribution is -2.30. The van der Waals surface area contributed by atoms with E-state index in [2.05, 4.69) is 4.99 Å². The molecule has 0 atom stereocenters. The molecule has 0 aromatic heterocycles. The van der Waals surface area contributed by atoms with Crippen molar-refractivity contribution in [2.45, 2.75) is 6.54 Å². The van der Waals surface area contributed by atoms with E-state index in [9.17, 15) is 4.39 Å². The van der Waals surface area contributed by atoms with Crippen molar-refractivity contribution < 1.29 is 4.39 Å². The summed E-state index contributed by atoms with van der Waals surface area (Å²) in [5, 5.41) is 1.42. The minimum atomic E-state index is -0.251. The Labute approximate surface area is 69.3 Å². The van der Waals surface area contributed by atoms with E-state index in [4.69, 9.17) is 5.84 Å². The van der Waals surface area contributed by atoms with Crippen LogP contribution < -0.4 is 5.84 Å². The monoisotopic (exact) mass is 165 g/mol. The van der Waals surface area contributed by atoms with Gasteiger partial charge in [-0.2, -0.15) is 0 Å². The van der Waals surface area contributed by atoms with Crippen molar-refractivity contribution in [3.63, 3.8) is 0 Å². The first-order valence-corrected chi connectivity index (χ1v) is 3.60.